The molecule has 1 aliphatic rings. The molecule has 2 rings (SSSR count). The van der Waals surface area contributed by atoms with Crippen LogP contribution in [0.5, 0.6) is 0 Å². The molecule has 102 valence electrons. The largest absolute Gasteiger partial charge is 0.331 e. The van der Waals surface area contributed by atoms with E-state index in [9.17, 15) is 9.59 Å². The number of carbonyl (C=O) groups excluding carboxylic acids is 2. The van der Waals surface area contributed by atoms with Crippen molar-refractivity contribution in [2.45, 2.75) is 20.4 Å². The van der Waals surface area contributed by atoms with Crippen LogP contribution >= 0.6 is 0 Å². The predicted octanol–water partition coefficient (Wildman–Crippen LogP) is 1.57. The van der Waals surface area contributed by atoms with E-state index in [4.69, 9.17) is 5.73 Å². The minimum atomic E-state index is -0.237. The van der Waals surface area contributed by atoms with Crippen LogP contribution in [0, 0.1) is 5.92 Å². The van der Waals surface area contributed by atoms with Crippen LogP contribution in [-0.4, -0.2) is 29.9 Å². The number of hydrogen-bond donors (Lipinski definition) is 1. The van der Waals surface area contributed by atoms with Crippen molar-refractivity contribution in [2.24, 2.45) is 11.7 Å². The minimum Gasteiger partial charge on any atom is -0.326 e. The van der Waals surface area contributed by atoms with Gasteiger partial charge in [0.25, 0.3) is 5.91 Å². The van der Waals surface area contributed by atoms with Crippen LogP contribution in [0.1, 0.15) is 19.4 Å². The molecule has 3 amide bonds. The summed E-state index contributed by atoms with van der Waals surface area (Å²) in [5.41, 5.74) is 7.11. The average molecular weight is 261 g/mol. The van der Waals surface area contributed by atoms with E-state index in [1.165, 1.54) is 4.90 Å². The predicted molar refractivity (Wildman–Crippen MR) is 73.6 cm³/mol. The zero-order valence-corrected chi connectivity index (χ0v) is 11.3. The van der Waals surface area contributed by atoms with Gasteiger partial charge in [0.15, 0.2) is 0 Å². The van der Waals surface area contributed by atoms with Crippen molar-refractivity contribution < 1.29 is 9.59 Å². The lowest BCUT2D eigenvalue weighted by Gasteiger charge is -2.18. The first-order chi connectivity index (χ1) is 9.02. The molecule has 19 heavy (non-hydrogen) atoms. The lowest BCUT2D eigenvalue weighted by atomic mass is 10.2. The van der Waals surface area contributed by atoms with Gasteiger partial charge >= 0.3 is 6.03 Å². The Bertz CT molecular complexity index is 482. The van der Waals surface area contributed by atoms with Gasteiger partial charge in [-0.15, -0.1) is 0 Å². The quantitative estimate of drug-likeness (QED) is 0.837. The molecule has 0 aliphatic carbocycles. The van der Waals surface area contributed by atoms with E-state index < -0.39 is 0 Å². The van der Waals surface area contributed by atoms with Gasteiger partial charge in [-0.2, -0.15) is 0 Å². The first-order valence-electron chi connectivity index (χ1n) is 6.43. The Labute approximate surface area is 113 Å². The smallest absolute Gasteiger partial charge is 0.326 e. The van der Waals surface area contributed by atoms with E-state index in [0.29, 0.717) is 24.7 Å². The fourth-order valence-electron chi connectivity index (χ4n) is 2.17. The van der Waals surface area contributed by atoms with Crippen molar-refractivity contribution in [1.29, 1.82) is 0 Å². The van der Waals surface area contributed by atoms with Crippen molar-refractivity contribution in [1.82, 2.24) is 4.90 Å². The van der Waals surface area contributed by atoms with Crippen LogP contribution in [0.2, 0.25) is 0 Å². The summed E-state index contributed by atoms with van der Waals surface area (Å²) in [5.74, 6) is 0.169. The summed E-state index contributed by atoms with van der Waals surface area (Å²) in [6.45, 7) is 5.26. The third-order valence-electron chi connectivity index (χ3n) is 3.05. The normalized spacial score (nSPS) is 15.8. The van der Waals surface area contributed by atoms with Crippen LogP contribution in [0.4, 0.5) is 10.5 Å². The third-order valence-corrected chi connectivity index (χ3v) is 3.05. The molecule has 0 unspecified atom stereocenters. The lowest BCUT2D eigenvalue weighted by molar-refractivity contribution is -0.116. The summed E-state index contributed by atoms with van der Waals surface area (Å²) in [6, 6.07) is 6.95. The Hall–Kier alpha value is -1.88. The number of nitrogens with two attached hydrogens (primary N) is 1. The van der Waals surface area contributed by atoms with Crippen LogP contribution < -0.4 is 10.6 Å². The van der Waals surface area contributed by atoms with Gasteiger partial charge in [0.2, 0.25) is 0 Å². The maximum absolute atomic E-state index is 12.2. The Balaban J connectivity index is 2.19. The Morgan fingerprint density at radius 2 is 1.84 bits per heavy atom. The van der Waals surface area contributed by atoms with Gasteiger partial charge < -0.3 is 10.6 Å². The molecule has 0 atom stereocenters. The summed E-state index contributed by atoms with van der Waals surface area (Å²) in [6.07, 6.45) is 0. The zero-order chi connectivity index (χ0) is 14.0. The number of anilines is 1. The summed E-state index contributed by atoms with van der Waals surface area (Å²) < 4.78 is 0. The van der Waals surface area contributed by atoms with E-state index >= 15 is 0 Å². The maximum Gasteiger partial charge on any atom is 0.331 e. The second kappa shape index (κ2) is 5.40. The Morgan fingerprint density at radius 3 is 2.37 bits per heavy atom. The van der Waals surface area contributed by atoms with Gasteiger partial charge in [0.05, 0.1) is 5.69 Å². The monoisotopic (exact) mass is 261 g/mol. The highest BCUT2D eigenvalue weighted by Crippen LogP contribution is 2.22. The molecule has 5 nitrogen and oxygen atoms in total. The molecule has 1 aromatic carbocycles. The van der Waals surface area contributed by atoms with E-state index in [1.807, 2.05) is 26.0 Å². The number of amides is 3. The van der Waals surface area contributed by atoms with Crippen molar-refractivity contribution in [3.05, 3.63) is 29.8 Å². The summed E-state index contributed by atoms with van der Waals surface area (Å²) in [5, 5.41) is 0. The highest BCUT2D eigenvalue weighted by molar-refractivity contribution is 6.19. The van der Waals surface area contributed by atoms with Crippen LogP contribution in [0.15, 0.2) is 24.3 Å². The minimum absolute atomic E-state index is 0.162. The molecule has 0 aromatic heterocycles. The topological polar surface area (TPSA) is 66.6 Å². The van der Waals surface area contributed by atoms with Crippen molar-refractivity contribution in [3.8, 4) is 0 Å². The molecule has 0 bridgehead atoms. The molecule has 1 aliphatic heterocycles. The molecule has 1 heterocycles. The second-order valence-corrected chi connectivity index (χ2v) is 5.16. The zero-order valence-electron chi connectivity index (χ0n) is 11.3. The van der Waals surface area contributed by atoms with Gasteiger partial charge in [0, 0.05) is 13.1 Å². The first-order valence-corrected chi connectivity index (χ1v) is 6.43. The molecule has 1 saturated heterocycles. The van der Waals surface area contributed by atoms with Crippen molar-refractivity contribution >= 4 is 17.6 Å². The molecular weight excluding hydrogens is 242 g/mol. The number of carbonyl (C=O) groups is 2. The Kier molecular flexibility index (Phi) is 3.85. The molecule has 2 N–H and O–H groups in total. The van der Waals surface area contributed by atoms with E-state index in [0.717, 1.165) is 5.56 Å². The SMILES string of the molecule is CC(C)CN1CC(=O)N(c2ccc(CN)cc2)C1=O. The highest BCUT2D eigenvalue weighted by atomic mass is 16.2. The van der Waals surface area contributed by atoms with E-state index in [-0.39, 0.29) is 18.5 Å². The highest BCUT2D eigenvalue weighted by Gasteiger charge is 2.36. The van der Waals surface area contributed by atoms with Gasteiger partial charge in [-0.25, -0.2) is 9.69 Å². The van der Waals surface area contributed by atoms with Gasteiger partial charge in [0.1, 0.15) is 6.54 Å². The van der Waals surface area contributed by atoms with Crippen LogP contribution in [0.25, 0.3) is 0 Å². The summed E-state index contributed by atoms with van der Waals surface area (Å²) >= 11 is 0. The second-order valence-electron chi connectivity index (χ2n) is 5.16. The molecule has 0 saturated carbocycles. The van der Waals surface area contributed by atoms with Gasteiger partial charge in [-0.05, 0) is 23.6 Å². The maximum atomic E-state index is 12.2. The van der Waals surface area contributed by atoms with Gasteiger partial charge in [-0.1, -0.05) is 26.0 Å². The van der Waals surface area contributed by atoms with Crippen molar-refractivity contribution in [3.63, 3.8) is 0 Å². The van der Waals surface area contributed by atoms with Crippen LogP contribution in [0.3, 0.4) is 0 Å². The summed E-state index contributed by atoms with van der Waals surface area (Å²) in [7, 11) is 0. The fourth-order valence-corrected chi connectivity index (χ4v) is 2.17. The first kappa shape index (κ1) is 13.5. The molecule has 1 fully saturated rings. The summed E-state index contributed by atoms with van der Waals surface area (Å²) in [4.78, 5) is 27.0. The van der Waals surface area contributed by atoms with E-state index in [1.54, 1.807) is 17.0 Å². The number of benzene rings is 1. The van der Waals surface area contributed by atoms with Gasteiger partial charge in [-0.3, -0.25) is 4.79 Å². The third kappa shape index (κ3) is 2.76. The Morgan fingerprint density at radius 1 is 1.21 bits per heavy atom. The number of urea groups is 1. The number of nitrogens with zero attached hydrogens (tertiary/aromatic N) is 2. The number of rotatable bonds is 4. The van der Waals surface area contributed by atoms with Crippen molar-refractivity contribution in [2.75, 3.05) is 18.0 Å². The molecule has 1 aromatic rings. The lowest BCUT2D eigenvalue weighted by Crippen LogP contribution is -2.34. The standard InChI is InChI=1S/C14H19N3O2/c1-10(2)8-16-9-13(18)17(14(16)19)12-5-3-11(7-15)4-6-12/h3-6,10H,7-9,15H2,1-2H3. The fraction of sp³-hybridized carbons (Fsp3) is 0.429. The molecule has 0 radical (unpaired) electrons. The van der Waals surface area contributed by atoms with E-state index in [2.05, 4.69) is 0 Å². The average Bonchev–Trinajstić information content (AvgIpc) is 2.64. The van der Waals surface area contributed by atoms with Crippen LogP contribution in [-0.2, 0) is 11.3 Å². The molecule has 5 heteroatoms. The molecular formula is C14H19N3O2. The number of imide groups is 1. The molecule has 0 spiro atoms. The number of hydrogen-bond acceptors (Lipinski definition) is 3.